The zero-order chi connectivity index (χ0) is 13.9. The number of rotatable bonds is 4. The predicted molar refractivity (Wildman–Crippen MR) is 83.0 cm³/mol. The monoisotopic (exact) mass is 328 g/mol. The van der Waals surface area contributed by atoms with E-state index in [1.165, 1.54) is 38.5 Å². The lowest BCUT2D eigenvalue weighted by atomic mass is 9.82. The molecule has 1 aromatic rings. The summed E-state index contributed by atoms with van der Waals surface area (Å²) >= 11 is 3.70. The Bertz CT molecular complexity index is 453. The van der Waals surface area contributed by atoms with Gasteiger partial charge < -0.3 is 0 Å². The van der Waals surface area contributed by atoms with Gasteiger partial charge in [0.15, 0.2) is 0 Å². The molecule has 19 heavy (non-hydrogen) atoms. The molecule has 108 valence electrons. The van der Waals surface area contributed by atoms with Gasteiger partial charge in [-0.25, -0.2) is 4.79 Å². The van der Waals surface area contributed by atoms with E-state index in [2.05, 4.69) is 29.8 Å². The van der Waals surface area contributed by atoms with Crippen molar-refractivity contribution >= 4 is 15.9 Å². The number of hydrogen-bond donors (Lipinski definition) is 0. The van der Waals surface area contributed by atoms with E-state index in [1.807, 2.05) is 21.5 Å². The van der Waals surface area contributed by atoms with Crippen molar-refractivity contribution in [2.45, 2.75) is 65.0 Å². The van der Waals surface area contributed by atoms with Crippen LogP contribution in [0.25, 0.3) is 0 Å². The molecule has 0 atom stereocenters. The summed E-state index contributed by atoms with van der Waals surface area (Å²) in [5, 5.41) is 0.999. The fourth-order valence-electron chi connectivity index (χ4n) is 3.12. The predicted octanol–water partition coefficient (Wildman–Crippen LogP) is 3.97. The minimum absolute atomic E-state index is 0.138. The Morgan fingerprint density at radius 3 is 2.32 bits per heavy atom. The topological polar surface area (TPSA) is 26.9 Å². The summed E-state index contributed by atoms with van der Waals surface area (Å²) in [6.45, 7) is 4.96. The summed E-state index contributed by atoms with van der Waals surface area (Å²) in [6, 6.07) is 0.239. The summed E-state index contributed by atoms with van der Waals surface area (Å²) < 4.78 is 3.73. The fourth-order valence-corrected chi connectivity index (χ4v) is 3.85. The second-order valence-electron chi connectivity index (χ2n) is 6.26. The molecule has 0 spiro atoms. The van der Waals surface area contributed by atoms with Gasteiger partial charge in [-0.1, -0.05) is 41.6 Å². The van der Waals surface area contributed by atoms with Crippen molar-refractivity contribution in [3.8, 4) is 0 Å². The van der Waals surface area contributed by atoms with Crippen LogP contribution < -0.4 is 5.69 Å². The zero-order valence-electron chi connectivity index (χ0n) is 12.1. The van der Waals surface area contributed by atoms with Crippen molar-refractivity contribution in [1.82, 2.24) is 9.13 Å². The minimum atomic E-state index is 0.138. The molecule has 1 heterocycles. The van der Waals surface area contributed by atoms with Crippen molar-refractivity contribution in [3.63, 3.8) is 0 Å². The van der Waals surface area contributed by atoms with Crippen LogP contribution in [-0.4, -0.2) is 14.5 Å². The lowest BCUT2D eigenvalue weighted by molar-refractivity contribution is 0.238. The summed E-state index contributed by atoms with van der Waals surface area (Å²) in [7, 11) is 0. The standard InChI is InChI=1S/C15H25BrN2O/c1-13(2)18-10-9-17(14(18)19)12-15(11-16)7-5-3-4-6-8-15/h9-10,13H,3-8,11-12H2,1-2H3. The first-order chi connectivity index (χ1) is 9.08. The Labute approximate surface area is 124 Å². The second-order valence-corrected chi connectivity index (χ2v) is 6.82. The largest absolute Gasteiger partial charge is 0.328 e. The normalized spacial score (nSPS) is 19.6. The highest BCUT2D eigenvalue weighted by Crippen LogP contribution is 2.37. The van der Waals surface area contributed by atoms with E-state index < -0.39 is 0 Å². The third-order valence-electron chi connectivity index (χ3n) is 4.38. The highest BCUT2D eigenvalue weighted by atomic mass is 79.9. The van der Waals surface area contributed by atoms with Crippen LogP contribution in [0, 0.1) is 5.41 Å². The summed E-state index contributed by atoms with van der Waals surface area (Å²) in [4.78, 5) is 12.3. The fraction of sp³-hybridized carbons (Fsp3) is 0.800. The van der Waals surface area contributed by atoms with Crippen LogP contribution in [-0.2, 0) is 6.54 Å². The van der Waals surface area contributed by atoms with Crippen molar-refractivity contribution in [3.05, 3.63) is 22.9 Å². The number of nitrogens with zero attached hydrogens (tertiary/aromatic N) is 2. The second kappa shape index (κ2) is 6.29. The van der Waals surface area contributed by atoms with Crippen molar-refractivity contribution in [2.24, 2.45) is 5.41 Å². The highest BCUT2D eigenvalue weighted by Gasteiger charge is 2.31. The molecular weight excluding hydrogens is 304 g/mol. The Morgan fingerprint density at radius 2 is 1.84 bits per heavy atom. The molecule has 0 amide bonds. The van der Waals surface area contributed by atoms with Gasteiger partial charge in [0, 0.05) is 30.3 Å². The van der Waals surface area contributed by atoms with E-state index in [9.17, 15) is 4.79 Å². The molecular formula is C15H25BrN2O. The van der Waals surface area contributed by atoms with Crippen LogP contribution in [0.4, 0.5) is 0 Å². The van der Waals surface area contributed by atoms with E-state index in [0.717, 1.165) is 11.9 Å². The lowest BCUT2D eigenvalue weighted by Crippen LogP contribution is -2.34. The lowest BCUT2D eigenvalue weighted by Gasteiger charge is -2.30. The number of hydrogen-bond acceptors (Lipinski definition) is 1. The van der Waals surface area contributed by atoms with Gasteiger partial charge in [0.2, 0.25) is 0 Å². The number of aromatic nitrogens is 2. The maximum atomic E-state index is 12.3. The average Bonchev–Trinajstić information content (AvgIpc) is 2.62. The van der Waals surface area contributed by atoms with Gasteiger partial charge in [-0.05, 0) is 32.1 Å². The van der Waals surface area contributed by atoms with Crippen LogP contribution in [0.2, 0.25) is 0 Å². The van der Waals surface area contributed by atoms with Crippen LogP contribution in [0.5, 0.6) is 0 Å². The van der Waals surface area contributed by atoms with E-state index in [0.29, 0.717) is 0 Å². The van der Waals surface area contributed by atoms with Gasteiger partial charge in [0.05, 0.1) is 0 Å². The Kier molecular flexibility index (Phi) is 4.93. The van der Waals surface area contributed by atoms with Crippen LogP contribution >= 0.6 is 15.9 Å². The molecule has 1 aliphatic carbocycles. The van der Waals surface area contributed by atoms with E-state index in [4.69, 9.17) is 0 Å². The van der Waals surface area contributed by atoms with Crippen LogP contribution in [0.1, 0.15) is 58.4 Å². The van der Waals surface area contributed by atoms with Gasteiger partial charge in [0.1, 0.15) is 0 Å². The van der Waals surface area contributed by atoms with Crippen molar-refractivity contribution < 1.29 is 0 Å². The summed E-state index contributed by atoms with van der Waals surface area (Å²) in [5.41, 5.74) is 0.406. The maximum Gasteiger partial charge on any atom is 0.328 e. The molecule has 1 aromatic heterocycles. The molecule has 0 unspecified atom stereocenters. The maximum absolute atomic E-state index is 12.3. The van der Waals surface area contributed by atoms with Crippen molar-refractivity contribution in [2.75, 3.05) is 5.33 Å². The molecule has 4 heteroatoms. The van der Waals surface area contributed by atoms with Crippen LogP contribution in [0.3, 0.4) is 0 Å². The first-order valence-electron chi connectivity index (χ1n) is 7.41. The Hall–Kier alpha value is -0.510. The summed E-state index contributed by atoms with van der Waals surface area (Å²) in [6.07, 6.45) is 11.6. The number of alkyl halides is 1. The zero-order valence-corrected chi connectivity index (χ0v) is 13.7. The van der Waals surface area contributed by atoms with Gasteiger partial charge >= 0.3 is 5.69 Å². The molecule has 1 aliphatic rings. The third kappa shape index (κ3) is 3.33. The first kappa shape index (κ1) is 14.9. The molecule has 0 radical (unpaired) electrons. The molecule has 2 rings (SSSR count). The molecule has 0 N–H and O–H groups in total. The van der Waals surface area contributed by atoms with E-state index >= 15 is 0 Å². The SMILES string of the molecule is CC(C)n1ccn(CC2(CBr)CCCCCC2)c1=O. The molecule has 3 nitrogen and oxygen atoms in total. The third-order valence-corrected chi connectivity index (χ3v) is 5.57. The highest BCUT2D eigenvalue weighted by molar-refractivity contribution is 9.09. The molecule has 1 fully saturated rings. The molecule has 0 aliphatic heterocycles. The van der Waals surface area contributed by atoms with Crippen LogP contribution in [0.15, 0.2) is 17.2 Å². The van der Waals surface area contributed by atoms with Gasteiger partial charge in [-0.3, -0.25) is 9.13 Å². The van der Waals surface area contributed by atoms with E-state index in [1.54, 1.807) is 0 Å². The summed E-state index contributed by atoms with van der Waals surface area (Å²) in [5.74, 6) is 0. The number of imidazole rings is 1. The Balaban J connectivity index is 2.20. The Morgan fingerprint density at radius 1 is 1.21 bits per heavy atom. The molecule has 1 saturated carbocycles. The van der Waals surface area contributed by atoms with Gasteiger partial charge in [-0.2, -0.15) is 0 Å². The van der Waals surface area contributed by atoms with Gasteiger partial charge in [0.25, 0.3) is 0 Å². The molecule has 0 saturated heterocycles. The first-order valence-corrected chi connectivity index (χ1v) is 8.53. The van der Waals surface area contributed by atoms with E-state index in [-0.39, 0.29) is 17.1 Å². The minimum Gasteiger partial charge on any atom is -0.299 e. The quantitative estimate of drug-likeness (QED) is 0.607. The van der Waals surface area contributed by atoms with Gasteiger partial charge in [-0.15, -0.1) is 0 Å². The molecule has 0 aromatic carbocycles. The average molecular weight is 329 g/mol. The molecule has 0 bridgehead atoms. The van der Waals surface area contributed by atoms with Crippen molar-refractivity contribution in [1.29, 1.82) is 0 Å². The number of halogens is 1. The smallest absolute Gasteiger partial charge is 0.299 e.